The van der Waals surface area contributed by atoms with Crippen molar-refractivity contribution >= 4 is 15.9 Å². The molecule has 1 aromatic rings. The van der Waals surface area contributed by atoms with Gasteiger partial charge in [0, 0.05) is 0 Å². The normalized spacial score (nSPS) is 11.9. The van der Waals surface area contributed by atoms with E-state index in [9.17, 15) is 19.0 Å². The van der Waals surface area contributed by atoms with Crippen LogP contribution in [0.1, 0.15) is 19.4 Å². The Balaban J connectivity index is 3.56. The van der Waals surface area contributed by atoms with E-state index in [2.05, 4.69) is 15.9 Å². The lowest BCUT2D eigenvalue weighted by atomic mass is 9.96. The summed E-state index contributed by atoms with van der Waals surface area (Å²) in [7, 11) is 0. The number of hydrogen-bond donors (Lipinski definition) is 2. The van der Waals surface area contributed by atoms with Crippen LogP contribution in [-0.2, 0) is 5.60 Å². The fourth-order valence-corrected chi connectivity index (χ4v) is 1.54. The van der Waals surface area contributed by atoms with Crippen LogP contribution in [0.15, 0.2) is 10.5 Å². The highest BCUT2D eigenvalue weighted by Crippen LogP contribution is 2.36. The molecule has 0 atom stereocenters. The fraction of sp³-hybridized carbons (Fsp3) is 0.333. The van der Waals surface area contributed by atoms with Crippen LogP contribution in [0.3, 0.4) is 0 Å². The van der Waals surface area contributed by atoms with Crippen LogP contribution in [0, 0.1) is 11.6 Å². The highest BCUT2D eigenvalue weighted by molar-refractivity contribution is 9.10. The van der Waals surface area contributed by atoms with E-state index in [1.54, 1.807) is 0 Å². The van der Waals surface area contributed by atoms with Gasteiger partial charge in [-0.3, -0.25) is 0 Å². The highest BCUT2D eigenvalue weighted by atomic mass is 79.9. The Morgan fingerprint density at radius 1 is 1.36 bits per heavy atom. The van der Waals surface area contributed by atoms with Crippen molar-refractivity contribution in [3.8, 4) is 5.75 Å². The summed E-state index contributed by atoms with van der Waals surface area (Å²) >= 11 is 2.79. The number of aromatic hydroxyl groups is 1. The van der Waals surface area contributed by atoms with Crippen molar-refractivity contribution in [2.75, 3.05) is 0 Å². The smallest absolute Gasteiger partial charge is 0.166 e. The highest BCUT2D eigenvalue weighted by Gasteiger charge is 2.28. The fourth-order valence-electron chi connectivity index (χ4n) is 1.14. The second-order valence-electron chi connectivity index (χ2n) is 3.44. The Morgan fingerprint density at radius 3 is 2.29 bits per heavy atom. The molecule has 0 aliphatic carbocycles. The number of phenols is 1. The second-order valence-corrected chi connectivity index (χ2v) is 4.29. The number of benzene rings is 1. The number of aliphatic hydroxyl groups is 1. The van der Waals surface area contributed by atoms with Crippen LogP contribution in [-0.4, -0.2) is 10.2 Å². The van der Waals surface area contributed by atoms with Crippen LogP contribution < -0.4 is 0 Å². The molecule has 0 heterocycles. The van der Waals surface area contributed by atoms with E-state index >= 15 is 0 Å². The molecule has 2 N–H and O–H groups in total. The standard InChI is InChI=1S/C9H9BrF2O2/c1-9(2,14)6-7(12)4(10)3-5(11)8(6)13/h3,13-14H,1-2H3. The summed E-state index contributed by atoms with van der Waals surface area (Å²) in [6.45, 7) is 2.52. The minimum absolute atomic E-state index is 0.134. The molecule has 0 saturated heterocycles. The Bertz CT molecular complexity index is 346. The van der Waals surface area contributed by atoms with Gasteiger partial charge in [-0.05, 0) is 35.8 Å². The summed E-state index contributed by atoms with van der Waals surface area (Å²) in [4.78, 5) is 0. The molecule has 2 nitrogen and oxygen atoms in total. The molecule has 0 saturated carbocycles. The molecule has 5 heteroatoms. The molecule has 78 valence electrons. The first-order chi connectivity index (χ1) is 6.25. The van der Waals surface area contributed by atoms with Gasteiger partial charge < -0.3 is 10.2 Å². The van der Waals surface area contributed by atoms with E-state index < -0.39 is 28.5 Å². The Morgan fingerprint density at radius 2 is 1.86 bits per heavy atom. The van der Waals surface area contributed by atoms with Gasteiger partial charge in [-0.1, -0.05) is 0 Å². The number of hydrogen-bond acceptors (Lipinski definition) is 2. The summed E-state index contributed by atoms with van der Waals surface area (Å²) in [5, 5.41) is 18.8. The minimum atomic E-state index is -1.64. The lowest BCUT2D eigenvalue weighted by Crippen LogP contribution is -2.18. The van der Waals surface area contributed by atoms with Crippen LogP contribution in [0.4, 0.5) is 8.78 Å². The zero-order chi connectivity index (χ0) is 11.1. The number of phenolic OH excluding ortho intramolecular Hbond substituents is 1. The molecule has 1 aromatic carbocycles. The quantitative estimate of drug-likeness (QED) is 0.768. The van der Waals surface area contributed by atoms with Gasteiger partial charge in [0.05, 0.1) is 15.6 Å². The van der Waals surface area contributed by atoms with Gasteiger partial charge in [-0.15, -0.1) is 0 Å². The molecule has 0 aliphatic rings. The summed E-state index contributed by atoms with van der Waals surface area (Å²) in [6.07, 6.45) is 0. The predicted octanol–water partition coefficient (Wildman–Crippen LogP) is 2.66. The average Bonchev–Trinajstić information content (AvgIpc) is 1.98. The average molecular weight is 267 g/mol. The lowest BCUT2D eigenvalue weighted by Gasteiger charge is -2.20. The molecular formula is C9H9BrF2O2. The summed E-state index contributed by atoms with van der Waals surface area (Å²) in [6, 6.07) is 0.805. The Hall–Kier alpha value is -0.680. The van der Waals surface area contributed by atoms with Crippen molar-refractivity contribution in [2.24, 2.45) is 0 Å². The van der Waals surface area contributed by atoms with Crippen LogP contribution in [0.2, 0.25) is 0 Å². The Labute approximate surface area is 88.3 Å². The predicted molar refractivity (Wildman–Crippen MR) is 51.0 cm³/mol. The zero-order valence-electron chi connectivity index (χ0n) is 7.61. The van der Waals surface area contributed by atoms with E-state index in [1.165, 1.54) is 13.8 Å². The molecule has 0 fully saturated rings. The SMILES string of the molecule is CC(C)(O)c1c(O)c(F)cc(Br)c1F. The number of halogens is 3. The monoisotopic (exact) mass is 266 g/mol. The Kier molecular flexibility index (Phi) is 2.83. The summed E-state index contributed by atoms with van der Waals surface area (Å²) < 4.78 is 26.3. The maximum absolute atomic E-state index is 13.4. The second kappa shape index (κ2) is 3.47. The third kappa shape index (κ3) is 1.88. The molecule has 1 rings (SSSR count). The van der Waals surface area contributed by atoms with Crippen LogP contribution in [0.25, 0.3) is 0 Å². The van der Waals surface area contributed by atoms with Gasteiger partial charge in [-0.25, -0.2) is 8.78 Å². The van der Waals surface area contributed by atoms with Gasteiger partial charge in [0.2, 0.25) is 0 Å². The third-order valence-corrected chi connectivity index (χ3v) is 2.33. The molecular weight excluding hydrogens is 258 g/mol. The summed E-state index contributed by atoms with van der Waals surface area (Å²) in [5.74, 6) is -2.70. The maximum Gasteiger partial charge on any atom is 0.166 e. The molecule has 0 spiro atoms. The topological polar surface area (TPSA) is 40.5 Å². The van der Waals surface area contributed by atoms with Crippen LogP contribution in [0.5, 0.6) is 5.75 Å². The first-order valence-corrected chi connectivity index (χ1v) is 4.63. The maximum atomic E-state index is 13.4. The van der Waals surface area contributed by atoms with Gasteiger partial charge in [0.25, 0.3) is 0 Å². The molecule has 0 aromatic heterocycles. The lowest BCUT2D eigenvalue weighted by molar-refractivity contribution is 0.0707. The van der Waals surface area contributed by atoms with E-state index in [1.807, 2.05) is 0 Å². The van der Waals surface area contributed by atoms with E-state index in [-0.39, 0.29) is 4.47 Å². The van der Waals surface area contributed by atoms with Gasteiger partial charge in [0.15, 0.2) is 11.6 Å². The number of rotatable bonds is 1. The molecule has 0 bridgehead atoms. The third-order valence-electron chi connectivity index (χ3n) is 1.76. The van der Waals surface area contributed by atoms with Crippen molar-refractivity contribution in [3.05, 3.63) is 27.7 Å². The van der Waals surface area contributed by atoms with Crippen molar-refractivity contribution in [2.45, 2.75) is 19.4 Å². The first-order valence-electron chi connectivity index (χ1n) is 3.84. The first kappa shape index (κ1) is 11.4. The van der Waals surface area contributed by atoms with Crippen molar-refractivity contribution in [1.82, 2.24) is 0 Å². The van der Waals surface area contributed by atoms with Crippen molar-refractivity contribution < 1.29 is 19.0 Å². The van der Waals surface area contributed by atoms with E-state index in [4.69, 9.17) is 0 Å². The van der Waals surface area contributed by atoms with Crippen molar-refractivity contribution in [1.29, 1.82) is 0 Å². The zero-order valence-corrected chi connectivity index (χ0v) is 9.19. The van der Waals surface area contributed by atoms with E-state index in [0.717, 1.165) is 6.07 Å². The largest absolute Gasteiger partial charge is 0.504 e. The molecule has 14 heavy (non-hydrogen) atoms. The minimum Gasteiger partial charge on any atom is -0.504 e. The molecule has 0 radical (unpaired) electrons. The van der Waals surface area contributed by atoms with Gasteiger partial charge in [-0.2, -0.15) is 0 Å². The molecule has 0 aliphatic heterocycles. The molecule has 0 amide bonds. The van der Waals surface area contributed by atoms with Crippen LogP contribution >= 0.6 is 15.9 Å². The van der Waals surface area contributed by atoms with Gasteiger partial charge in [0.1, 0.15) is 5.82 Å². The van der Waals surface area contributed by atoms with Gasteiger partial charge >= 0.3 is 0 Å². The van der Waals surface area contributed by atoms with Crippen molar-refractivity contribution in [3.63, 3.8) is 0 Å². The molecule has 0 unspecified atom stereocenters. The summed E-state index contributed by atoms with van der Waals surface area (Å²) in [5.41, 5.74) is -2.09. The van der Waals surface area contributed by atoms with E-state index in [0.29, 0.717) is 0 Å².